The van der Waals surface area contributed by atoms with E-state index in [1.807, 2.05) is 42.7 Å². The van der Waals surface area contributed by atoms with Crippen molar-refractivity contribution < 1.29 is 17.9 Å². The summed E-state index contributed by atoms with van der Waals surface area (Å²) >= 11 is 0. The third kappa shape index (κ3) is 3.67. The molecule has 2 aliphatic heterocycles. The molecule has 3 aromatic rings. The molecule has 1 atom stereocenters. The maximum absolute atomic E-state index is 12.9. The molecule has 1 saturated heterocycles. The van der Waals surface area contributed by atoms with Crippen LogP contribution in [0.5, 0.6) is 5.75 Å². The quantitative estimate of drug-likeness (QED) is 0.581. The van der Waals surface area contributed by atoms with E-state index in [1.54, 1.807) is 13.8 Å². The number of fused-ring (bicyclic) bond motifs is 4. The maximum atomic E-state index is 12.9. The maximum Gasteiger partial charge on any atom is 0.239 e. The van der Waals surface area contributed by atoms with Gasteiger partial charge < -0.3 is 19.7 Å². The number of benzene rings is 1. The van der Waals surface area contributed by atoms with Crippen LogP contribution in [0, 0.1) is 0 Å². The summed E-state index contributed by atoms with van der Waals surface area (Å²) in [4.78, 5) is 16.7. The van der Waals surface area contributed by atoms with Crippen molar-refractivity contribution in [1.82, 2.24) is 19.5 Å². The van der Waals surface area contributed by atoms with E-state index in [4.69, 9.17) is 24.4 Å². The molecular formula is C23H30N6O4S. The number of morpholine rings is 1. The molecule has 0 saturated carbocycles. The Morgan fingerprint density at radius 2 is 1.91 bits per heavy atom. The second-order valence-corrected chi connectivity index (χ2v) is 12.2. The molecule has 11 heteroatoms. The monoisotopic (exact) mass is 486 g/mol. The molecule has 1 unspecified atom stereocenters. The van der Waals surface area contributed by atoms with Crippen LogP contribution in [0.1, 0.15) is 33.4 Å². The molecule has 0 amide bonds. The van der Waals surface area contributed by atoms with Crippen molar-refractivity contribution in [1.29, 1.82) is 0 Å². The number of sulfone groups is 1. The average molecular weight is 487 g/mol. The number of hydrogen-bond acceptors (Lipinski definition) is 9. The molecule has 2 aromatic heterocycles. The van der Waals surface area contributed by atoms with Crippen molar-refractivity contribution >= 4 is 32.6 Å². The largest absolute Gasteiger partial charge is 0.486 e. The van der Waals surface area contributed by atoms with Crippen molar-refractivity contribution in [3.8, 4) is 11.7 Å². The standard InChI is InChI=1S/C23H30N6O4S/c1-14(2)24-21-25-16-8-6-7-9-17(16)29(21)22-26-19(23(3,4)34(5,30)31)18-20(27-22)28-10-11-32-12-15(28)13-33-18/h6-9,14-15H,10-13H2,1-5H3,(H,24,25). The SMILES string of the molecule is CC(C)Nc1nc2ccccc2n1-c1nc2c(c(C(C)(C)S(C)(=O)=O)n1)OCC1COCCN21. The van der Waals surface area contributed by atoms with Crippen molar-refractivity contribution in [2.75, 3.05) is 42.8 Å². The minimum atomic E-state index is -3.53. The first-order valence-corrected chi connectivity index (χ1v) is 13.3. The molecule has 1 aromatic carbocycles. The summed E-state index contributed by atoms with van der Waals surface area (Å²) in [5.41, 5.74) is 1.95. The first kappa shape index (κ1) is 22.9. The number of para-hydroxylation sites is 2. The molecule has 2 aliphatic rings. The highest BCUT2D eigenvalue weighted by molar-refractivity contribution is 7.91. The molecule has 182 valence electrons. The smallest absolute Gasteiger partial charge is 0.239 e. The zero-order chi connectivity index (χ0) is 24.3. The summed E-state index contributed by atoms with van der Waals surface area (Å²) in [6.07, 6.45) is 1.22. The predicted molar refractivity (Wildman–Crippen MR) is 131 cm³/mol. The zero-order valence-electron chi connectivity index (χ0n) is 20.1. The third-order valence-corrected chi connectivity index (χ3v) is 8.48. The van der Waals surface area contributed by atoms with E-state index in [0.717, 1.165) is 11.0 Å². The van der Waals surface area contributed by atoms with E-state index in [-0.39, 0.29) is 12.1 Å². The van der Waals surface area contributed by atoms with Gasteiger partial charge in [0.25, 0.3) is 0 Å². The highest BCUT2D eigenvalue weighted by atomic mass is 32.2. The van der Waals surface area contributed by atoms with Gasteiger partial charge in [0.2, 0.25) is 11.9 Å². The lowest BCUT2D eigenvalue weighted by Gasteiger charge is -2.41. The van der Waals surface area contributed by atoms with Crippen LogP contribution in [0.15, 0.2) is 24.3 Å². The highest BCUT2D eigenvalue weighted by Crippen LogP contribution is 2.43. The molecule has 0 bridgehead atoms. The van der Waals surface area contributed by atoms with Gasteiger partial charge in [-0.2, -0.15) is 4.98 Å². The van der Waals surface area contributed by atoms with Gasteiger partial charge in [-0.25, -0.2) is 23.0 Å². The van der Waals surface area contributed by atoms with Crippen LogP contribution in [0.4, 0.5) is 11.8 Å². The van der Waals surface area contributed by atoms with Crippen LogP contribution < -0.4 is 15.0 Å². The summed E-state index contributed by atoms with van der Waals surface area (Å²) in [5.74, 6) is 1.94. The molecule has 0 spiro atoms. The number of rotatable bonds is 5. The lowest BCUT2D eigenvalue weighted by Crippen LogP contribution is -2.52. The van der Waals surface area contributed by atoms with Crippen LogP contribution in [-0.4, -0.2) is 72.6 Å². The minimum absolute atomic E-state index is 0.00554. The number of aromatic nitrogens is 4. The van der Waals surface area contributed by atoms with Gasteiger partial charge in [-0.15, -0.1) is 0 Å². The van der Waals surface area contributed by atoms with Gasteiger partial charge in [0.1, 0.15) is 17.0 Å². The predicted octanol–water partition coefficient (Wildman–Crippen LogP) is 2.51. The Kier molecular flexibility index (Phi) is 5.44. The number of nitrogens with zero attached hydrogens (tertiary/aromatic N) is 5. The van der Waals surface area contributed by atoms with E-state index >= 15 is 0 Å². The van der Waals surface area contributed by atoms with E-state index in [0.29, 0.717) is 55.5 Å². The van der Waals surface area contributed by atoms with E-state index in [2.05, 4.69) is 10.2 Å². The van der Waals surface area contributed by atoms with Crippen LogP contribution in [-0.2, 0) is 19.3 Å². The fourth-order valence-corrected chi connectivity index (χ4v) is 4.76. The number of hydrogen-bond donors (Lipinski definition) is 1. The fourth-order valence-electron chi connectivity index (χ4n) is 4.27. The Bertz CT molecular complexity index is 1350. The van der Waals surface area contributed by atoms with Crippen molar-refractivity contribution in [3.63, 3.8) is 0 Å². The number of nitrogens with one attached hydrogen (secondary N) is 1. The first-order valence-electron chi connectivity index (χ1n) is 11.4. The normalized spacial score (nSPS) is 18.5. The summed E-state index contributed by atoms with van der Waals surface area (Å²) in [6.45, 7) is 9.48. The van der Waals surface area contributed by atoms with E-state index in [9.17, 15) is 8.42 Å². The van der Waals surface area contributed by atoms with E-state index < -0.39 is 14.6 Å². The van der Waals surface area contributed by atoms with Gasteiger partial charge in [0, 0.05) is 18.8 Å². The van der Waals surface area contributed by atoms with Crippen molar-refractivity contribution in [2.45, 2.75) is 44.5 Å². The molecule has 10 nitrogen and oxygen atoms in total. The summed E-state index contributed by atoms with van der Waals surface area (Å²) in [5, 5.41) is 3.37. The lowest BCUT2D eigenvalue weighted by molar-refractivity contribution is 0.0691. The Hall–Kier alpha value is -2.92. The van der Waals surface area contributed by atoms with Crippen LogP contribution >= 0.6 is 0 Å². The van der Waals surface area contributed by atoms with E-state index in [1.165, 1.54) is 6.26 Å². The fraction of sp³-hybridized carbons (Fsp3) is 0.522. The molecule has 4 heterocycles. The molecule has 5 rings (SSSR count). The first-order chi connectivity index (χ1) is 16.1. The summed E-state index contributed by atoms with van der Waals surface area (Å²) in [6, 6.07) is 7.86. The van der Waals surface area contributed by atoms with Gasteiger partial charge in [0.15, 0.2) is 21.4 Å². The van der Waals surface area contributed by atoms with Crippen molar-refractivity contribution in [2.24, 2.45) is 0 Å². The van der Waals surface area contributed by atoms with Gasteiger partial charge >= 0.3 is 0 Å². The Morgan fingerprint density at radius 3 is 2.65 bits per heavy atom. The van der Waals surface area contributed by atoms with Gasteiger partial charge in [-0.1, -0.05) is 12.1 Å². The average Bonchev–Trinajstić information content (AvgIpc) is 3.14. The number of anilines is 2. The Balaban J connectivity index is 1.81. The number of imidazole rings is 1. The molecule has 1 fully saturated rings. The van der Waals surface area contributed by atoms with Gasteiger partial charge in [-0.3, -0.25) is 0 Å². The molecule has 1 N–H and O–H groups in total. The third-order valence-electron chi connectivity index (χ3n) is 6.43. The second-order valence-electron chi connectivity index (χ2n) is 9.60. The van der Waals surface area contributed by atoms with Crippen LogP contribution in [0.2, 0.25) is 0 Å². The molecule has 34 heavy (non-hydrogen) atoms. The lowest BCUT2D eigenvalue weighted by atomic mass is 10.1. The topological polar surface area (TPSA) is 111 Å². The highest BCUT2D eigenvalue weighted by Gasteiger charge is 2.43. The number of ether oxygens (including phenoxy) is 2. The molecular weight excluding hydrogens is 456 g/mol. The van der Waals surface area contributed by atoms with Crippen LogP contribution in [0.25, 0.3) is 17.0 Å². The summed E-state index contributed by atoms with van der Waals surface area (Å²) < 4.78 is 38.0. The Labute approximate surface area is 199 Å². The molecule has 0 aliphatic carbocycles. The molecule has 0 radical (unpaired) electrons. The van der Waals surface area contributed by atoms with Crippen molar-refractivity contribution in [3.05, 3.63) is 30.0 Å². The minimum Gasteiger partial charge on any atom is -0.486 e. The summed E-state index contributed by atoms with van der Waals surface area (Å²) in [7, 11) is -3.53. The van der Waals surface area contributed by atoms with Crippen LogP contribution in [0.3, 0.4) is 0 Å². The van der Waals surface area contributed by atoms with Gasteiger partial charge in [-0.05, 0) is 39.8 Å². The second kappa shape index (κ2) is 8.09. The Morgan fingerprint density at radius 1 is 1.15 bits per heavy atom. The zero-order valence-corrected chi connectivity index (χ0v) is 20.9. The van der Waals surface area contributed by atoms with Gasteiger partial charge in [0.05, 0.1) is 30.3 Å².